The third kappa shape index (κ3) is 5.25. The number of allylic oxidation sites excluding steroid dienone is 1. The van der Waals surface area contributed by atoms with E-state index in [2.05, 4.69) is 161 Å². The van der Waals surface area contributed by atoms with Gasteiger partial charge >= 0.3 is 0 Å². The second-order valence-corrected chi connectivity index (χ2v) is 14.6. The van der Waals surface area contributed by atoms with E-state index in [9.17, 15) is 0 Å². The Kier molecular flexibility index (Phi) is 7.79. The zero-order valence-electron chi connectivity index (χ0n) is 31.8. The molecule has 0 N–H and O–H groups in total. The molecule has 5 heteroatoms. The monoisotopic (exact) mass is 744 g/mol. The van der Waals surface area contributed by atoms with Crippen LogP contribution in [0, 0.1) is 0 Å². The molecule has 0 aliphatic heterocycles. The van der Waals surface area contributed by atoms with Crippen LogP contribution in [-0.2, 0) is 0 Å². The van der Waals surface area contributed by atoms with E-state index in [0.29, 0.717) is 5.82 Å². The standard InChI is InChI=1S/C53H36N4O/c1-3-17-40-42-31-43-48(33-50(42)58-49(40)4-2)56(47-29-28-41-39-26-14-15-27-46(39)57(52(41)51(43)47)37-23-12-7-13-24-37)38-25-16-22-36(30-38)53-54-44(34-18-8-5-9-19-34)32-45(55-53)35-20-10-6-11-21-35/h3-33H,2H2,1H3/b17-3-. The van der Waals surface area contributed by atoms with Crippen LogP contribution in [0.3, 0.4) is 0 Å². The molecule has 0 aliphatic rings. The van der Waals surface area contributed by atoms with Crippen molar-refractivity contribution >= 4 is 66.7 Å². The van der Waals surface area contributed by atoms with E-state index < -0.39 is 0 Å². The molecule has 0 spiro atoms. The van der Waals surface area contributed by atoms with Crippen molar-refractivity contribution in [3.63, 3.8) is 0 Å². The quantitative estimate of drug-likeness (QED) is 0.163. The molecule has 7 aromatic carbocycles. The van der Waals surface area contributed by atoms with E-state index >= 15 is 0 Å². The summed E-state index contributed by atoms with van der Waals surface area (Å²) in [6, 6.07) is 59.7. The SMILES string of the molecule is C=Cc1oc2cc3c(cc2c1/C=C\C)c1c(ccc2c4ccccc4n(-c4ccccc4)c21)n3-c1cccc(-c2nc(-c3ccccc3)cc(-c3ccccc3)n2)c1. The molecule has 4 aromatic heterocycles. The number of aromatic nitrogens is 4. The van der Waals surface area contributed by atoms with Crippen LogP contribution in [0.15, 0.2) is 187 Å². The summed E-state index contributed by atoms with van der Waals surface area (Å²) in [4.78, 5) is 10.4. The lowest BCUT2D eigenvalue weighted by Gasteiger charge is -2.12. The van der Waals surface area contributed by atoms with E-state index in [-0.39, 0.29) is 0 Å². The third-order valence-electron chi connectivity index (χ3n) is 11.2. The Labute approximate surface area is 335 Å². The largest absolute Gasteiger partial charge is 0.456 e. The number of para-hydroxylation sites is 2. The zero-order valence-corrected chi connectivity index (χ0v) is 31.8. The fourth-order valence-electron chi connectivity index (χ4n) is 8.67. The summed E-state index contributed by atoms with van der Waals surface area (Å²) >= 11 is 0. The number of benzene rings is 7. The van der Waals surface area contributed by atoms with Gasteiger partial charge in [-0.3, -0.25) is 0 Å². The molecule has 11 aromatic rings. The summed E-state index contributed by atoms with van der Waals surface area (Å²) in [7, 11) is 0. The van der Waals surface area contributed by atoms with E-state index in [0.717, 1.165) is 89.2 Å². The molecule has 0 saturated heterocycles. The Morgan fingerprint density at radius 1 is 0.517 bits per heavy atom. The first kappa shape index (κ1) is 33.6. The normalized spacial score (nSPS) is 11.9. The molecule has 11 rings (SSSR count). The van der Waals surface area contributed by atoms with E-state index in [1.165, 1.54) is 16.2 Å². The number of hydrogen-bond acceptors (Lipinski definition) is 3. The Morgan fingerprint density at radius 3 is 1.88 bits per heavy atom. The van der Waals surface area contributed by atoms with E-state index in [1.54, 1.807) is 6.08 Å². The lowest BCUT2D eigenvalue weighted by atomic mass is 10.0. The Morgan fingerprint density at radius 2 is 1.17 bits per heavy atom. The summed E-state index contributed by atoms with van der Waals surface area (Å²) in [5, 5.41) is 5.76. The summed E-state index contributed by atoms with van der Waals surface area (Å²) in [5.41, 5.74) is 13.1. The highest BCUT2D eigenvalue weighted by molar-refractivity contribution is 6.27. The molecule has 274 valence electrons. The van der Waals surface area contributed by atoms with Crippen LogP contribution in [-0.4, -0.2) is 19.1 Å². The maximum Gasteiger partial charge on any atom is 0.160 e. The smallest absolute Gasteiger partial charge is 0.160 e. The van der Waals surface area contributed by atoms with Crippen LogP contribution in [0.25, 0.3) is 112 Å². The number of furan rings is 1. The Hall–Kier alpha value is -7.76. The average molecular weight is 745 g/mol. The van der Waals surface area contributed by atoms with Crippen molar-refractivity contribution in [2.75, 3.05) is 0 Å². The number of hydrogen-bond donors (Lipinski definition) is 0. The predicted octanol–water partition coefficient (Wildman–Crippen LogP) is 14.1. The third-order valence-corrected chi connectivity index (χ3v) is 11.2. The molecule has 58 heavy (non-hydrogen) atoms. The average Bonchev–Trinajstić information content (AvgIpc) is 3.93. The molecule has 0 unspecified atom stereocenters. The lowest BCUT2D eigenvalue weighted by Crippen LogP contribution is -1.98. The van der Waals surface area contributed by atoms with Crippen molar-refractivity contribution in [1.29, 1.82) is 0 Å². The minimum atomic E-state index is 0.662. The van der Waals surface area contributed by atoms with Crippen molar-refractivity contribution in [3.05, 3.63) is 194 Å². The molecule has 4 heterocycles. The summed E-state index contributed by atoms with van der Waals surface area (Å²) < 4.78 is 11.3. The predicted molar refractivity (Wildman–Crippen MR) is 242 cm³/mol. The van der Waals surface area contributed by atoms with Gasteiger partial charge < -0.3 is 13.6 Å². The fraction of sp³-hybridized carbons (Fsp3) is 0.0189. The molecule has 0 radical (unpaired) electrons. The second kappa shape index (κ2) is 13.5. The van der Waals surface area contributed by atoms with Crippen molar-refractivity contribution in [2.24, 2.45) is 0 Å². The van der Waals surface area contributed by atoms with Gasteiger partial charge in [0.1, 0.15) is 11.3 Å². The van der Waals surface area contributed by atoms with Crippen LogP contribution in [0.1, 0.15) is 18.2 Å². The Bertz CT molecular complexity index is 3350. The molecular weight excluding hydrogens is 709 g/mol. The maximum atomic E-state index is 6.52. The molecule has 0 aliphatic carbocycles. The van der Waals surface area contributed by atoms with Gasteiger partial charge in [0.25, 0.3) is 0 Å². The van der Waals surface area contributed by atoms with Gasteiger partial charge in [0, 0.05) is 66.6 Å². The minimum Gasteiger partial charge on any atom is -0.456 e. The van der Waals surface area contributed by atoms with Crippen molar-refractivity contribution in [2.45, 2.75) is 6.92 Å². The van der Waals surface area contributed by atoms with Gasteiger partial charge in [0.2, 0.25) is 0 Å². The first-order chi connectivity index (χ1) is 28.7. The van der Waals surface area contributed by atoms with Crippen molar-refractivity contribution in [3.8, 4) is 45.3 Å². The van der Waals surface area contributed by atoms with Gasteiger partial charge in [-0.05, 0) is 61.5 Å². The summed E-state index contributed by atoms with van der Waals surface area (Å²) in [6.45, 7) is 6.13. The van der Waals surface area contributed by atoms with Gasteiger partial charge in [0.05, 0.1) is 33.5 Å². The Balaban J connectivity index is 1.23. The second-order valence-electron chi connectivity index (χ2n) is 14.6. The van der Waals surface area contributed by atoms with E-state index in [1.807, 2.05) is 43.3 Å². The van der Waals surface area contributed by atoms with Crippen LogP contribution < -0.4 is 0 Å². The molecule has 0 saturated carbocycles. The first-order valence-electron chi connectivity index (χ1n) is 19.6. The topological polar surface area (TPSA) is 48.8 Å². The summed E-state index contributed by atoms with van der Waals surface area (Å²) in [5.74, 6) is 1.42. The van der Waals surface area contributed by atoms with Crippen LogP contribution >= 0.6 is 0 Å². The molecule has 0 fully saturated rings. The highest BCUT2D eigenvalue weighted by Gasteiger charge is 2.23. The molecular formula is C53H36N4O. The number of nitrogens with zero attached hydrogens (tertiary/aromatic N) is 4. The van der Waals surface area contributed by atoms with Crippen LogP contribution in [0.4, 0.5) is 0 Å². The highest BCUT2D eigenvalue weighted by Crippen LogP contribution is 2.44. The van der Waals surface area contributed by atoms with Gasteiger partial charge in [-0.25, -0.2) is 9.97 Å². The van der Waals surface area contributed by atoms with Crippen molar-refractivity contribution < 1.29 is 4.42 Å². The maximum absolute atomic E-state index is 6.52. The van der Waals surface area contributed by atoms with Crippen LogP contribution in [0.5, 0.6) is 0 Å². The zero-order chi connectivity index (χ0) is 38.7. The van der Waals surface area contributed by atoms with Gasteiger partial charge in [-0.15, -0.1) is 0 Å². The molecule has 0 atom stereocenters. The van der Waals surface area contributed by atoms with E-state index in [4.69, 9.17) is 14.4 Å². The molecule has 0 amide bonds. The van der Waals surface area contributed by atoms with Gasteiger partial charge in [-0.1, -0.05) is 134 Å². The number of rotatable bonds is 7. The van der Waals surface area contributed by atoms with Gasteiger partial charge in [0.15, 0.2) is 5.82 Å². The van der Waals surface area contributed by atoms with Gasteiger partial charge in [-0.2, -0.15) is 0 Å². The first-order valence-corrected chi connectivity index (χ1v) is 19.6. The van der Waals surface area contributed by atoms with Crippen LogP contribution in [0.2, 0.25) is 0 Å². The highest BCUT2D eigenvalue weighted by atomic mass is 16.3. The lowest BCUT2D eigenvalue weighted by molar-refractivity contribution is 0.604. The fourth-order valence-corrected chi connectivity index (χ4v) is 8.67. The van der Waals surface area contributed by atoms with Crippen molar-refractivity contribution in [1.82, 2.24) is 19.1 Å². The number of fused-ring (bicyclic) bond motifs is 8. The summed E-state index contributed by atoms with van der Waals surface area (Å²) in [6.07, 6.45) is 5.97. The molecule has 5 nitrogen and oxygen atoms in total. The minimum absolute atomic E-state index is 0.662. The molecule has 0 bridgehead atoms.